The highest BCUT2D eigenvalue weighted by Gasteiger charge is 2.16. The van der Waals surface area contributed by atoms with Gasteiger partial charge in [0.1, 0.15) is 11.5 Å². The van der Waals surface area contributed by atoms with Crippen LogP contribution in [0, 0.1) is 12.7 Å². The van der Waals surface area contributed by atoms with Gasteiger partial charge in [0.2, 0.25) is 0 Å². The molecule has 0 atom stereocenters. The van der Waals surface area contributed by atoms with Crippen LogP contribution in [-0.2, 0) is 6.54 Å². The largest absolute Gasteiger partial charge is 0.352 e. The Morgan fingerprint density at radius 1 is 0.821 bits per heavy atom. The maximum atomic E-state index is 14.2. The lowest BCUT2D eigenvalue weighted by molar-refractivity contribution is 0.220. The van der Waals surface area contributed by atoms with Gasteiger partial charge in [0.15, 0.2) is 0 Å². The van der Waals surface area contributed by atoms with E-state index in [0.717, 1.165) is 80.8 Å². The van der Waals surface area contributed by atoms with Crippen LogP contribution in [0.1, 0.15) is 30.4 Å². The summed E-state index contributed by atoms with van der Waals surface area (Å²) in [6, 6.07) is 11.4. The van der Waals surface area contributed by atoms with Gasteiger partial charge in [-0.1, -0.05) is 12.5 Å². The maximum Gasteiger partial charge on any atom is 0.124 e. The fourth-order valence-corrected chi connectivity index (χ4v) is 5.67. The van der Waals surface area contributed by atoms with Gasteiger partial charge in [-0.05, 0) is 79.9 Å². The number of rotatable bonds is 5. The molecule has 1 aromatic carbocycles. The highest BCUT2D eigenvalue weighted by molar-refractivity contribution is 6.01. The van der Waals surface area contributed by atoms with Gasteiger partial charge in [-0.3, -0.25) is 25.0 Å². The normalized spacial score (nSPS) is 14.4. The van der Waals surface area contributed by atoms with Gasteiger partial charge >= 0.3 is 0 Å². The lowest BCUT2D eigenvalue weighted by Gasteiger charge is -2.26. The van der Waals surface area contributed by atoms with Crippen LogP contribution in [0.15, 0.2) is 67.4 Å². The van der Waals surface area contributed by atoms with E-state index in [0.29, 0.717) is 0 Å². The summed E-state index contributed by atoms with van der Waals surface area (Å²) in [6.45, 7) is 5.10. The number of piperidine rings is 1. The zero-order valence-corrected chi connectivity index (χ0v) is 21.7. The van der Waals surface area contributed by atoms with E-state index in [2.05, 4.69) is 48.2 Å². The minimum absolute atomic E-state index is 0.259. The van der Waals surface area contributed by atoms with Gasteiger partial charge in [-0.25, -0.2) is 4.39 Å². The maximum absolute atomic E-state index is 14.2. The molecular formula is C31H28FN7. The standard InChI is InChI=1S/C31H28FN7/c1-19-7-21(10-23(32)8-19)26-15-34-16-29-24(26)11-28(36-29)31-25-12-27(35-17-30(25)37-38-31)22-9-20(13-33-14-22)18-39-5-3-2-4-6-39/h7-17,36H,2-6,18H2,1H3,(H,37,38). The second kappa shape index (κ2) is 9.71. The van der Waals surface area contributed by atoms with Crippen molar-refractivity contribution in [3.8, 4) is 33.8 Å². The first-order chi connectivity index (χ1) is 19.1. The molecule has 6 aromatic rings. The second-order valence-electron chi connectivity index (χ2n) is 10.5. The SMILES string of the molecule is Cc1cc(F)cc(-c2cncc3[nH]c(-c4n[nH]c5cnc(-c6cncc(CN7CCCCC7)c6)cc45)cc23)c1. The molecule has 7 rings (SSSR count). The molecule has 2 N–H and O–H groups in total. The first-order valence-corrected chi connectivity index (χ1v) is 13.4. The van der Waals surface area contributed by atoms with Crippen LogP contribution in [-0.4, -0.2) is 48.1 Å². The van der Waals surface area contributed by atoms with Crippen molar-refractivity contribution in [2.45, 2.75) is 32.7 Å². The summed E-state index contributed by atoms with van der Waals surface area (Å²) in [5.41, 5.74) is 8.94. The van der Waals surface area contributed by atoms with Crippen molar-refractivity contribution in [1.29, 1.82) is 0 Å². The molecule has 0 spiro atoms. The average molecular weight is 518 g/mol. The number of aryl methyl sites for hydroxylation is 1. The lowest BCUT2D eigenvalue weighted by atomic mass is 10.0. The van der Waals surface area contributed by atoms with Crippen molar-refractivity contribution >= 4 is 21.8 Å². The van der Waals surface area contributed by atoms with E-state index in [4.69, 9.17) is 4.98 Å². The third-order valence-electron chi connectivity index (χ3n) is 7.55. The second-order valence-corrected chi connectivity index (χ2v) is 10.5. The van der Waals surface area contributed by atoms with Crippen molar-refractivity contribution in [3.63, 3.8) is 0 Å². The minimum atomic E-state index is -0.259. The zero-order valence-electron chi connectivity index (χ0n) is 21.7. The predicted molar refractivity (Wildman–Crippen MR) is 151 cm³/mol. The van der Waals surface area contributed by atoms with Gasteiger partial charge in [0.25, 0.3) is 0 Å². The number of halogens is 1. The molecule has 1 saturated heterocycles. The fourth-order valence-electron chi connectivity index (χ4n) is 5.67. The summed E-state index contributed by atoms with van der Waals surface area (Å²) in [5, 5.41) is 9.66. The van der Waals surface area contributed by atoms with E-state index in [1.54, 1.807) is 18.5 Å². The molecule has 6 heterocycles. The van der Waals surface area contributed by atoms with Crippen molar-refractivity contribution in [1.82, 2.24) is 35.0 Å². The topological polar surface area (TPSA) is 86.4 Å². The van der Waals surface area contributed by atoms with Crippen LogP contribution >= 0.6 is 0 Å². The smallest absolute Gasteiger partial charge is 0.124 e. The summed E-state index contributed by atoms with van der Waals surface area (Å²) in [5.74, 6) is -0.259. The molecule has 0 aliphatic carbocycles. The Hall–Kier alpha value is -4.43. The number of pyridine rings is 3. The minimum Gasteiger partial charge on any atom is -0.352 e. The van der Waals surface area contributed by atoms with Crippen molar-refractivity contribution in [2.75, 3.05) is 13.1 Å². The van der Waals surface area contributed by atoms with Crippen LogP contribution in [0.5, 0.6) is 0 Å². The highest BCUT2D eigenvalue weighted by Crippen LogP contribution is 2.35. The molecule has 0 unspecified atom stereocenters. The Morgan fingerprint density at radius 3 is 2.56 bits per heavy atom. The number of H-pyrrole nitrogens is 2. The van der Waals surface area contributed by atoms with Gasteiger partial charge in [-0.2, -0.15) is 5.10 Å². The molecule has 0 amide bonds. The number of nitrogens with one attached hydrogen (secondary N) is 2. The summed E-state index contributed by atoms with van der Waals surface area (Å²) in [4.78, 5) is 19.6. The van der Waals surface area contributed by atoms with Gasteiger partial charge in [-0.15, -0.1) is 0 Å². The quantitative estimate of drug-likeness (QED) is 0.267. The molecule has 8 heteroatoms. The first-order valence-electron chi connectivity index (χ1n) is 13.4. The van der Waals surface area contributed by atoms with Crippen LogP contribution in [0.4, 0.5) is 4.39 Å². The van der Waals surface area contributed by atoms with Crippen molar-refractivity contribution in [3.05, 3.63) is 84.3 Å². The number of fused-ring (bicyclic) bond motifs is 2. The zero-order chi connectivity index (χ0) is 26.3. The number of aromatic amines is 2. The van der Waals surface area contributed by atoms with E-state index in [1.807, 2.05) is 31.6 Å². The molecule has 0 radical (unpaired) electrons. The molecule has 7 nitrogen and oxygen atoms in total. The molecule has 1 aliphatic heterocycles. The summed E-state index contributed by atoms with van der Waals surface area (Å²) < 4.78 is 14.2. The number of aromatic nitrogens is 6. The number of likely N-dealkylation sites (tertiary alicyclic amines) is 1. The molecular weight excluding hydrogens is 489 g/mol. The van der Waals surface area contributed by atoms with Crippen LogP contribution < -0.4 is 0 Å². The van der Waals surface area contributed by atoms with Gasteiger partial charge in [0, 0.05) is 47.0 Å². The third kappa shape index (κ3) is 4.57. The van der Waals surface area contributed by atoms with E-state index in [9.17, 15) is 4.39 Å². The van der Waals surface area contributed by atoms with Gasteiger partial charge in [0.05, 0.1) is 34.8 Å². The van der Waals surface area contributed by atoms with Crippen molar-refractivity contribution < 1.29 is 4.39 Å². The third-order valence-corrected chi connectivity index (χ3v) is 7.55. The Bertz CT molecular complexity index is 1790. The Morgan fingerprint density at radius 2 is 1.69 bits per heavy atom. The number of hydrogen-bond acceptors (Lipinski definition) is 5. The number of benzene rings is 1. The summed E-state index contributed by atoms with van der Waals surface area (Å²) >= 11 is 0. The molecule has 1 aliphatic rings. The van der Waals surface area contributed by atoms with Crippen LogP contribution in [0.3, 0.4) is 0 Å². The average Bonchev–Trinajstić information content (AvgIpc) is 3.57. The van der Waals surface area contributed by atoms with E-state index in [-0.39, 0.29) is 5.82 Å². The van der Waals surface area contributed by atoms with E-state index >= 15 is 0 Å². The fraction of sp³-hybridized carbons (Fsp3) is 0.226. The Balaban J connectivity index is 1.26. The van der Waals surface area contributed by atoms with Crippen molar-refractivity contribution in [2.24, 2.45) is 0 Å². The Labute approximate surface area is 225 Å². The van der Waals surface area contributed by atoms with E-state index in [1.165, 1.54) is 30.9 Å². The highest BCUT2D eigenvalue weighted by atomic mass is 19.1. The molecule has 39 heavy (non-hydrogen) atoms. The summed E-state index contributed by atoms with van der Waals surface area (Å²) in [7, 11) is 0. The molecule has 194 valence electrons. The molecule has 0 bridgehead atoms. The Kier molecular flexibility index (Phi) is 5.89. The molecule has 0 saturated carbocycles. The molecule has 1 fully saturated rings. The predicted octanol–water partition coefficient (Wildman–Crippen LogP) is 6.66. The van der Waals surface area contributed by atoms with Crippen LogP contribution in [0.25, 0.3) is 55.6 Å². The number of hydrogen-bond donors (Lipinski definition) is 2. The number of nitrogens with zero attached hydrogens (tertiary/aromatic N) is 5. The first kappa shape index (κ1) is 23.7. The van der Waals surface area contributed by atoms with Crippen LogP contribution in [0.2, 0.25) is 0 Å². The van der Waals surface area contributed by atoms with E-state index < -0.39 is 0 Å². The monoisotopic (exact) mass is 517 g/mol. The lowest BCUT2D eigenvalue weighted by Crippen LogP contribution is -2.29. The summed E-state index contributed by atoms with van der Waals surface area (Å²) in [6.07, 6.45) is 13.1. The molecule has 5 aromatic heterocycles. The van der Waals surface area contributed by atoms with Gasteiger partial charge < -0.3 is 4.98 Å².